The Morgan fingerprint density at radius 1 is 1.06 bits per heavy atom. The lowest BCUT2D eigenvalue weighted by atomic mass is 10.1. The molecule has 0 fully saturated rings. The number of carbonyl (C=O) groups is 2. The second-order valence-electron chi connectivity index (χ2n) is 6.73. The molecule has 1 amide bonds. The van der Waals surface area contributed by atoms with Gasteiger partial charge >= 0.3 is 5.97 Å². The fraction of sp³-hybridized carbons (Fsp3) is 0.0833. The predicted molar refractivity (Wildman–Crippen MR) is 123 cm³/mol. The van der Waals surface area contributed by atoms with E-state index in [4.69, 9.17) is 4.74 Å². The first kappa shape index (κ1) is 20.4. The highest BCUT2D eigenvalue weighted by atomic mass is 32.1. The largest absolute Gasteiger partial charge is 0.449 e. The SMILES string of the molecule is CC(OC(=O)/C=C/c1cccc2cccnc12)C(=O)Nc1nc(-c2ccccc2)cs1. The van der Waals surface area contributed by atoms with Crippen molar-refractivity contribution in [2.45, 2.75) is 13.0 Å². The molecule has 0 aliphatic rings. The molecule has 4 aromatic rings. The van der Waals surface area contributed by atoms with Crippen LogP contribution in [0.2, 0.25) is 0 Å². The lowest BCUT2D eigenvalue weighted by Crippen LogP contribution is -2.29. The van der Waals surface area contributed by atoms with Crippen molar-refractivity contribution >= 4 is 45.3 Å². The molecule has 0 aliphatic carbocycles. The molecule has 31 heavy (non-hydrogen) atoms. The first-order valence-corrected chi connectivity index (χ1v) is 10.5. The molecule has 2 heterocycles. The number of carbonyl (C=O) groups excluding carboxylic acids is 2. The third kappa shape index (κ3) is 5.02. The molecular weight excluding hydrogens is 410 g/mol. The summed E-state index contributed by atoms with van der Waals surface area (Å²) in [5.41, 5.74) is 3.32. The molecule has 0 saturated heterocycles. The van der Waals surface area contributed by atoms with Gasteiger partial charge in [0.2, 0.25) is 0 Å². The number of benzene rings is 2. The van der Waals surface area contributed by atoms with Crippen molar-refractivity contribution in [3.05, 3.63) is 83.9 Å². The van der Waals surface area contributed by atoms with Gasteiger partial charge in [-0.15, -0.1) is 11.3 Å². The van der Waals surface area contributed by atoms with Crippen molar-refractivity contribution in [3.8, 4) is 11.3 Å². The molecule has 7 heteroatoms. The van der Waals surface area contributed by atoms with Crippen LogP contribution in [0.15, 0.2) is 78.3 Å². The Labute approximate surface area is 183 Å². The Bertz CT molecular complexity index is 1250. The van der Waals surface area contributed by atoms with Crippen molar-refractivity contribution in [2.24, 2.45) is 0 Å². The topological polar surface area (TPSA) is 81.2 Å². The molecule has 0 aliphatic heterocycles. The molecule has 0 bridgehead atoms. The molecule has 4 rings (SSSR count). The summed E-state index contributed by atoms with van der Waals surface area (Å²) in [7, 11) is 0. The molecule has 154 valence electrons. The second-order valence-corrected chi connectivity index (χ2v) is 7.59. The Kier molecular flexibility index (Phi) is 6.14. The van der Waals surface area contributed by atoms with E-state index in [1.165, 1.54) is 24.3 Å². The van der Waals surface area contributed by atoms with Gasteiger partial charge in [0, 0.05) is 34.2 Å². The number of para-hydroxylation sites is 1. The fourth-order valence-corrected chi connectivity index (χ4v) is 3.69. The van der Waals surface area contributed by atoms with E-state index in [9.17, 15) is 9.59 Å². The fourth-order valence-electron chi connectivity index (χ4n) is 2.97. The van der Waals surface area contributed by atoms with Crippen LogP contribution in [0.3, 0.4) is 0 Å². The van der Waals surface area contributed by atoms with Crippen LogP contribution < -0.4 is 5.32 Å². The zero-order valence-electron chi connectivity index (χ0n) is 16.7. The Balaban J connectivity index is 1.36. The summed E-state index contributed by atoms with van der Waals surface area (Å²) in [5.74, 6) is -1.05. The molecule has 1 atom stereocenters. The van der Waals surface area contributed by atoms with Crippen LogP contribution in [0, 0.1) is 0 Å². The van der Waals surface area contributed by atoms with E-state index in [1.54, 1.807) is 12.3 Å². The number of hydrogen-bond donors (Lipinski definition) is 1. The maximum Gasteiger partial charge on any atom is 0.331 e. The van der Waals surface area contributed by atoms with Crippen LogP contribution >= 0.6 is 11.3 Å². The minimum absolute atomic E-state index is 0.442. The maximum atomic E-state index is 12.4. The number of amides is 1. The van der Waals surface area contributed by atoms with E-state index < -0.39 is 18.0 Å². The van der Waals surface area contributed by atoms with E-state index >= 15 is 0 Å². The van der Waals surface area contributed by atoms with Gasteiger partial charge in [-0.25, -0.2) is 9.78 Å². The minimum atomic E-state index is -0.966. The molecule has 1 unspecified atom stereocenters. The van der Waals surface area contributed by atoms with E-state index in [-0.39, 0.29) is 0 Å². The third-order valence-electron chi connectivity index (χ3n) is 4.53. The van der Waals surface area contributed by atoms with Crippen LogP contribution in [-0.2, 0) is 14.3 Å². The second kappa shape index (κ2) is 9.32. The number of hydrogen-bond acceptors (Lipinski definition) is 6. The van der Waals surface area contributed by atoms with Crippen LogP contribution in [0.5, 0.6) is 0 Å². The molecule has 2 aromatic heterocycles. The number of anilines is 1. The number of fused-ring (bicyclic) bond motifs is 1. The highest BCUT2D eigenvalue weighted by molar-refractivity contribution is 7.14. The number of pyridine rings is 1. The van der Waals surface area contributed by atoms with Crippen LogP contribution in [0.25, 0.3) is 28.2 Å². The van der Waals surface area contributed by atoms with Gasteiger partial charge in [0.1, 0.15) is 0 Å². The molecular formula is C24H19N3O3S. The van der Waals surface area contributed by atoms with Crippen molar-refractivity contribution in [1.29, 1.82) is 0 Å². The first-order valence-electron chi connectivity index (χ1n) is 9.64. The van der Waals surface area contributed by atoms with Crippen LogP contribution in [0.1, 0.15) is 12.5 Å². The summed E-state index contributed by atoms with van der Waals surface area (Å²) in [4.78, 5) is 33.3. The quantitative estimate of drug-likeness (QED) is 0.347. The lowest BCUT2D eigenvalue weighted by molar-refractivity contribution is -0.148. The predicted octanol–water partition coefficient (Wildman–Crippen LogP) is 4.94. The van der Waals surface area contributed by atoms with Gasteiger partial charge < -0.3 is 4.74 Å². The minimum Gasteiger partial charge on any atom is -0.449 e. The van der Waals surface area contributed by atoms with Gasteiger partial charge in [-0.2, -0.15) is 0 Å². The Hall–Kier alpha value is -3.84. The van der Waals surface area contributed by atoms with Gasteiger partial charge in [0.25, 0.3) is 5.91 Å². The average Bonchev–Trinajstić information content (AvgIpc) is 3.26. The number of rotatable bonds is 6. The number of nitrogens with one attached hydrogen (secondary N) is 1. The van der Waals surface area contributed by atoms with Gasteiger partial charge in [0.05, 0.1) is 11.2 Å². The molecule has 0 saturated carbocycles. The molecule has 0 radical (unpaired) electrons. The highest BCUT2D eigenvalue weighted by Gasteiger charge is 2.18. The molecule has 6 nitrogen and oxygen atoms in total. The maximum absolute atomic E-state index is 12.4. The molecule has 0 spiro atoms. The summed E-state index contributed by atoms with van der Waals surface area (Å²) < 4.78 is 5.23. The van der Waals surface area contributed by atoms with Crippen LogP contribution in [-0.4, -0.2) is 27.9 Å². The highest BCUT2D eigenvalue weighted by Crippen LogP contribution is 2.24. The normalized spacial score (nSPS) is 12.0. The van der Waals surface area contributed by atoms with Crippen molar-refractivity contribution in [2.75, 3.05) is 5.32 Å². The first-order chi connectivity index (χ1) is 15.1. The summed E-state index contributed by atoms with van der Waals surface area (Å²) >= 11 is 1.31. The number of ether oxygens (including phenoxy) is 1. The average molecular weight is 430 g/mol. The Morgan fingerprint density at radius 3 is 2.71 bits per heavy atom. The number of aromatic nitrogens is 2. The standard InChI is InChI=1S/C24H19N3O3S/c1-16(23(29)27-24-26-20(15-31-24)17-7-3-2-4-8-17)30-21(28)13-12-19-10-5-9-18-11-6-14-25-22(18)19/h2-16H,1H3,(H,26,27,29)/b13-12+. The van der Waals surface area contributed by atoms with Gasteiger partial charge in [-0.1, -0.05) is 54.6 Å². The zero-order chi connectivity index (χ0) is 21.6. The van der Waals surface area contributed by atoms with Crippen molar-refractivity contribution in [1.82, 2.24) is 9.97 Å². The van der Waals surface area contributed by atoms with Gasteiger partial charge in [-0.3, -0.25) is 15.1 Å². The van der Waals surface area contributed by atoms with Gasteiger partial charge in [-0.05, 0) is 19.1 Å². The monoisotopic (exact) mass is 429 g/mol. The summed E-state index contributed by atoms with van der Waals surface area (Å²) in [6.45, 7) is 1.52. The van der Waals surface area contributed by atoms with Crippen LogP contribution in [0.4, 0.5) is 5.13 Å². The number of esters is 1. The summed E-state index contributed by atoms with van der Waals surface area (Å²) in [5, 5.41) is 5.98. The molecule has 2 aromatic carbocycles. The van der Waals surface area contributed by atoms with E-state index in [0.717, 1.165) is 27.7 Å². The third-order valence-corrected chi connectivity index (χ3v) is 5.29. The van der Waals surface area contributed by atoms with Gasteiger partial charge in [0.15, 0.2) is 11.2 Å². The Morgan fingerprint density at radius 2 is 1.87 bits per heavy atom. The number of nitrogens with zero attached hydrogens (tertiary/aromatic N) is 2. The molecule has 1 N–H and O–H groups in total. The van der Waals surface area contributed by atoms with E-state index in [2.05, 4.69) is 15.3 Å². The van der Waals surface area contributed by atoms with Crippen molar-refractivity contribution < 1.29 is 14.3 Å². The van der Waals surface area contributed by atoms with E-state index in [1.807, 2.05) is 66.0 Å². The lowest BCUT2D eigenvalue weighted by Gasteiger charge is -2.10. The number of thiazole rings is 1. The van der Waals surface area contributed by atoms with E-state index in [0.29, 0.717) is 5.13 Å². The smallest absolute Gasteiger partial charge is 0.331 e. The van der Waals surface area contributed by atoms with Crippen molar-refractivity contribution in [3.63, 3.8) is 0 Å². The summed E-state index contributed by atoms with van der Waals surface area (Å²) in [6.07, 6.45) is 3.66. The zero-order valence-corrected chi connectivity index (χ0v) is 17.5. The summed E-state index contributed by atoms with van der Waals surface area (Å²) in [6, 6.07) is 19.2.